The largest absolute Gasteiger partial charge is 0.370 e. The lowest BCUT2D eigenvalue weighted by Crippen LogP contribution is -2.41. The zero-order chi connectivity index (χ0) is 18.9. The van der Waals surface area contributed by atoms with Gasteiger partial charge in [0.1, 0.15) is 12.3 Å². The zero-order valence-electron chi connectivity index (χ0n) is 14.2. The van der Waals surface area contributed by atoms with Crippen molar-refractivity contribution in [2.75, 3.05) is 19.6 Å². The number of azide groups is 1. The molecular formula is C14H26N8O3. The van der Waals surface area contributed by atoms with Crippen LogP contribution in [0.1, 0.15) is 38.5 Å². The molecule has 11 heteroatoms. The van der Waals surface area contributed by atoms with Crippen LogP contribution in [0.3, 0.4) is 0 Å². The first-order valence-corrected chi connectivity index (χ1v) is 8.09. The molecule has 6 N–H and O–H groups in total. The van der Waals surface area contributed by atoms with Crippen LogP contribution in [-0.4, -0.2) is 49.7 Å². The molecule has 0 aromatic carbocycles. The number of guanidine groups is 1. The number of hydrogen-bond donors (Lipinski definition) is 4. The third-order valence-electron chi connectivity index (χ3n) is 3.17. The number of nitrogens with zero attached hydrogens (tertiary/aromatic N) is 4. The van der Waals surface area contributed by atoms with E-state index in [9.17, 15) is 14.4 Å². The quantitative estimate of drug-likeness (QED) is 0.0633. The van der Waals surface area contributed by atoms with Gasteiger partial charge in [0, 0.05) is 24.4 Å². The maximum absolute atomic E-state index is 11.9. The molecule has 140 valence electrons. The van der Waals surface area contributed by atoms with Crippen LogP contribution in [0.5, 0.6) is 0 Å². The van der Waals surface area contributed by atoms with E-state index in [0.29, 0.717) is 25.9 Å². The summed E-state index contributed by atoms with van der Waals surface area (Å²) >= 11 is 0. The number of carbonyl (C=O) groups excluding carboxylic acids is 3. The molecule has 0 aromatic rings. The summed E-state index contributed by atoms with van der Waals surface area (Å²) in [6, 6.07) is -0.921. The predicted octanol–water partition coefficient (Wildman–Crippen LogP) is -0.289. The normalized spacial score (nSPS) is 10.9. The van der Waals surface area contributed by atoms with Crippen LogP contribution in [0.2, 0.25) is 0 Å². The molecule has 0 aliphatic carbocycles. The molecule has 0 spiro atoms. The smallest absolute Gasteiger partial charge is 0.239 e. The van der Waals surface area contributed by atoms with Crippen molar-refractivity contribution in [3.8, 4) is 0 Å². The zero-order valence-corrected chi connectivity index (χ0v) is 14.2. The fourth-order valence-corrected chi connectivity index (χ4v) is 1.90. The number of rotatable bonds is 14. The molecule has 1 atom stereocenters. The molecule has 0 saturated carbocycles. The molecule has 0 aliphatic rings. The third-order valence-corrected chi connectivity index (χ3v) is 3.17. The van der Waals surface area contributed by atoms with Crippen LogP contribution in [-0.2, 0) is 14.4 Å². The maximum Gasteiger partial charge on any atom is 0.239 e. The van der Waals surface area contributed by atoms with E-state index < -0.39 is 11.9 Å². The molecule has 2 amide bonds. The van der Waals surface area contributed by atoms with Gasteiger partial charge in [0.15, 0.2) is 5.96 Å². The van der Waals surface area contributed by atoms with Gasteiger partial charge in [-0.3, -0.25) is 14.6 Å². The number of nitrogens with one attached hydrogen (secondary N) is 2. The minimum absolute atomic E-state index is 0.0485. The lowest BCUT2D eigenvalue weighted by Gasteiger charge is -2.11. The number of nitrogens with two attached hydrogens (primary N) is 2. The second kappa shape index (κ2) is 14.8. The maximum atomic E-state index is 11.9. The first-order valence-electron chi connectivity index (χ1n) is 8.09. The number of unbranched alkanes of at least 4 members (excludes halogenated alkanes) is 3. The first-order chi connectivity index (χ1) is 12.0. The van der Waals surface area contributed by atoms with E-state index >= 15 is 0 Å². The molecular weight excluding hydrogens is 328 g/mol. The van der Waals surface area contributed by atoms with Gasteiger partial charge in [-0.2, -0.15) is 0 Å². The molecule has 0 unspecified atom stereocenters. The van der Waals surface area contributed by atoms with Gasteiger partial charge in [0.2, 0.25) is 11.8 Å². The Balaban J connectivity index is 4.03. The highest BCUT2D eigenvalue weighted by Gasteiger charge is 2.17. The number of carbonyl (C=O) groups is 3. The summed E-state index contributed by atoms with van der Waals surface area (Å²) in [5, 5.41) is 8.51. The second-order valence-corrected chi connectivity index (χ2v) is 5.25. The standard InChI is InChI=1S/C14H26N8O3/c15-14(16)19-8-5-6-11(21-22-17)13(25)20-10-12(24)18-7-3-1-2-4-9-23/h9,11H,1-8,10H2,(H,18,24)(H,20,25)(H4,15,16,19)/t11-/m1/s1. The molecule has 0 bridgehead atoms. The Morgan fingerprint density at radius 1 is 1.16 bits per heavy atom. The van der Waals surface area contributed by atoms with Crippen LogP contribution in [0.15, 0.2) is 10.1 Å². The summed E-state index contributed by atoms with van der Waals surface area (Å²) in [6.45, 7) is 0.599. The van der Waals surface area contributed by atoms with Crippen molar-refractivity contribution in [2.24, 2.45) is 21.6 Å². The van der Waals surface area contributed by atoms with Gasteiger partial charge in [0.25, 0.3) is 0 Å². The van der Waals surface area contributed by atoms with E-state index in [1.807, 2.05) is 0 Å². The molecule has 25 heavy (non-hydrogen) atoms. The van der Waals surface area contributed by atoms with Crippen LogP contribution < -0.4 is 22.1 Å². The first kappa shape index (κ1) is 22.2. The van der Waals surface area contributed by atoms with E-state index in [1.165, 1.54) is 0 Å². The van der Waals surface area contributed by atoms with Crippen molar-refractivity contribution in [3.63, 3.8) is 0 Å². The number of aldehydes is 1. The predicted molar refractivity (Wildman–Crippen MR) is 93.4 cm³/mol. The van der Waals surface area contributed by atoms with Crippen molar-refractivity contribution in [1.82, 2.24) is 10.6 Å². The fraction of sp³-hybridized carbons (Fsp3) is 0.714. The molecule has 0 heterocycles. The summed E-state index contributed by atoms with van der Waals surface area (Å²) in [6.07, 6.45) is 4.52. The van der Waals surface area contributed by atoms with Gasteiger partial charge < -0.3 is 26.9 Å². The van der Waals surface area contributed by atoms with Crippen molar-refractivity contribution >= 4 is 24.1 Å². The molecule has 0 fully saturated rings. The van der Waals surface area contributed by atoms with Crippen LogP contribution in [0.25, 0.3) is 10.4 Å². The Morgan fingerprint density at radius 3 is 2.56 bits per heavy atom. The van der Waals surface area contributed by atoms with E-state index in [-0.39, 0.29) is 24.8 Å². The number of hydrogen-bond acceptors (Lipinski definition) is 5. The van der Waals surface area contributed by atoms with Crippen LogP contribution >= 0.6 is 0 Å². The van der Waals surface area contributed by atoms with Gasteiger partial charge in [-0.25, -0.2) is 0 Å². The van der Waals surface area contributed by atoms with Crippen molar-refractivity contribution in [1.29, 1.82) is 0 Å². The highest BCUT2D eigenvalue weighted by molar-refractivity contribution is 5.87. The molecule has 0 aliphatic heterocycles. The van der Waals surface area contributed by atoms with Crippen molar-refractivity contribution in [2.45, 2.75) is 44.6 Å². The monoisotopic (exact) mass is 354 g/mol. The van der Waals surface area contributed by atoms with E-state index in [1.54, 1.807) is 0 Å². The Morgan fingerprint density at radius 2 is 1.92 bits per heavy atom. The number of amides is 2. The molecule has 11 nitrogen and oxygen atoms in total. The van der Waals surface area contributed by atoms with Crippen LogP contribution in [0.4, 0.5) is 0 Å². The minimum Gasteiger partial charge on any atom is -0.370 e. The van der Waals surface area contributed by atoms with E-state index in [0.717, 1.165) is 25.5 Å². The van der Waals surface area contributed by atoms with Gasteiger partial charge in [0.05, 0.1) is 6.54 Å². The van der Waals surface area contributed by atoms with Crippen LogP contribution in [0, 0.1) is 0 Å². The summed E-state index contributed by atoms with van der Waals surface area (Å²) in [5.74, 6) is -0.903. The number of aliphatic imine (C=N–C) groups is 1. The van der Waals surface area contributed by atoms with Gasteiger partial charge in [-0.15, -0.1) is 0 Å². The lowest BCUT2D eigenvalue weighted by molar-refractivity contribution is -0.126. The summed E-state index contributed by atoms with van der Waals surface area (Å²) < 4.78 is 0. The minimum atomic E-state index is -0.921. The summed E-state index contributed by atoms with van der Waals surface area (Å²) in [7, 11) is 0. The van der Waals surface area contributed by atoms with E-state index in [4.69, 9.17) is 17.0 Å². The molecule has 0 radical (unpaired) electrons. The average Bonchev–Trinajstić information content (AvgIpc) is 2.58. The summed E-state index contributed by atoms with van der Waals surface area (Å²) in [4.78, 5) is 40.1. The Hall–Kier alpha value is -2.81. The van der Waals surface area contributed by atoms with Gasteiger partial charge >= 0.3 is 0 Å². The average molecular weight is 354 g/mol. The van der Waals surface area contributed by atoms with Crippen molar-refractivity contribution < 1.29 is 14.4 Å². The Kier molecular flexibility index (Phi) is 13.1. The highest BCUT2D eigenvalue weighted by atomic mass is 16.2. The topological polar surface area (TPSA) is 188 Å². The van der Waals surface area contributed by atoms with Gasteiger partial charge in [-0.05, 0) is 31.2 Å². The third kappa shape index (κ3) is 13.3. The molecule has 0 rings (SSSR count). The Labute approximate surface area is 146 Å². The molecule has 0 saturated heterocycles. The van der Waals surface area contributed by atoms with Crippen molar-refractivity contribution in [3.05, 3.63) is 10.4 Å². The summed E-state index contributed by atoms with van der Waals surface area (Å²) in [5.41, 5.74) is 18.9. The Bertz CT molecular complexity index is 498. The SMILES string of the molecule is [N-]=[N+]=N[C@H](CCCN=C(N)N)C(=O)NCC(=O)NCCCCCC=O. The van der Waals surface area contributed by atoms with E-state index in [2.05, 4.69) is 25.7 Å². The molecule has 0 aromatic heterocycles. The highest BCUT2D eigenvalue weighted by Crippen LogP contribution is 2.03. The second-order valence-electron chi connectivity index (χ2n) is 5.25. The lowest BCUT2D eigenvalue weighted by atomic mass is 10.1. The van der Waals surface area contributed by atoms with Gasteiger partial charge in [-0.1, -0.05) is 11.5 Å². The fourth-order valence-electron chi connectivity index (χ4n) is 1.90.